The van der Waals surface area contributed by atoms with Gasteiger partial charge in [0.05, 0.1) is 4.70 Å². The van der Waals surface area contributed by atoms with Gasteiger partial charge in [-0.2, -0.15) is 0 Å². The van der Waals surface area contributed by atoms with Crippen LogP contribution in [0.2, 0.25) is 0 Å². The van der Waals surface area contributed by atoms with E-state index in [2.05, 4.69) is 44.6 Å². The van der Waals surface area contributed by atoms with E-state index in [9.17, 15) is 4.79 Å². The third-order valence-corrected chi connectivity index (χ3v) is 4.73. The molecule has 0 saturated heterocycles. The number of aldehydes is 1. The van der Waals surface area contributed by atoms with Crippen LogP contribution in [0.25, 0.3) is 10.1 Å². The van der Waals surface area contributed by atoms with E-state index in [1.807, 2.05) is 11.4 Å². The Kier molecular flexibility index (Phi) is 2.71. The van der Waals surface area contributed by atoms with Gasteiger partial charge < -0.3 is 0 Å². The maximum atomic E-state index is 10.7. The van der Waals surface area contributed by atoms with Crippen LogP contribution in [-0.2, 0) is 0 Å². The van der Waals surface area contributed by atoms with Crippen molar-refractivity contribution in [2.75, 3.05) is 0 Å². The van der Waals surface area contributed by atoms with Crippen molar-refractivity contribution in [3.63, 3.8) is 0 Å². The number of hydrogen-bond donors (Lipinski definition) is 0. The Bertz CT molecular complexity index is 478. The number of carbonyl (C=O) groups excluding carboxylic acids is 1. The highest BCUT2D eigenvalue weighted by Crippen LogP contribution is 2.34. The maximum absolute atomic E-state index is 10.7. The third-order valence-electron chi connectivity index (χ3n) is 1.78. The molecule has 0 radical (unpaired) electrons. The summed E-state index contributed by atoms with van der Waals surface area (Å²) in [6.07, 6.45) is 0.880. The molecule has 66 valence electrons. The summed E-state index contributed by atoms with van der Waals surface area (Å²) in [5.74, 6) is 0. The van der Waals surface area contributed by atoms with Gasteiger partial charge in [-0.25, -0.2) is 0 Å². The molecular formula is C9H4BrIOS. The molecule has 0 fully saturated rings. The first-order valence-electron chi connectivity index (χ1n) is 3.54. The molecule has 4 heteroatoms. The summed E-state index contributed by atoms with van der Waals surface area (Å²) in [5, 5.41) is 3.25. The van der Waals surface area contributed by atoms with Gasteiger partial charge in [-0.3, -0.25) is 4.79 Å². The first-order chi connectivity index (χ1) is 6.24. The van der Waals surface area contributed by atoms with E-state index in [0.29, 0.717) is 0 Å². The van der Waals surface area contributed by atoms with Crippen molar-refractivity contribution in [1.29, 1.82) is 0 Å². The number of thiophene rings is 1. The molecule has 13 heavy (non-hydrogen) atoms. The lowest BCUT2D eigenvalue weighted by atomic mass is 10.2. The fraction of sp³-hybridized carbons (Fsp3) is 0. The zero-order valence-corrected chi connectivity index (χ0v) is 10.9. The van der Waals surface area contributed by atoms with Crippen LogP contribution in [0.1, 0.15) is 10.4 Å². The second-order valence-corrected chi connectivity index (χ2v) is 5.41. The Morgan fingerprint density at radius 3 is 3.00 bits per heavy atom. The van der Waals surface area contributed by atoms with Gasteiger partial charge in [0.1, 0.15) is 0 Å². The van der Waals surface area contributed by atoms with Crippen molar-refractivity contribution < 1.29 is 4.79 Å². The normalized spacial score (nSPS) is 10.6. The van der Waals surface area contributed by atoms with E-state index >= 15 is 0 Å². The van der Waals surface area contributed by atoms with Crippen molar-refractivity contribution in [1.82, 2.24) is 0 Å². The summed E-state index contributed by atoms with van der Waals surface area (Å²) in [4.78, 5) is 10.7. The van der Waals surface area contributed by atoms with Crippen molar-refractivity contribution in [3.8, 4) is 0 Å². The predicted molar refractivity (Wildman–Crippen MR) is 67.6 cm³/mol. The molecular weight excluding hydrogens is 363 g/mol. The van der Waals surface area contributed by atoms with Gasteiger partial charge in [0.15, 0.2) is 6.29 Å². The molecule has 0 aliphatic carbocycles. The number of benzene rings is 1. The van der Waals surface area contributed by atoms with Crippen LogP contribution in [0, 0.1) is 3.57 Å². The quantitative estimate of drug-likeness (QED) is 0.549. The molecule has 1 heterocycles. The summed E-state index contributed by atoms with van der Waals surface area (Å²) in [6.45, 7) is 0. The Morgan fingerprint density at radius 2 is 2.31 bits per heavy atom. The van der Waals surface area contributed by atoms with Gasteiger partial charge >= 0.3 is 0 Å². The number of fused-ring (bicyclic) bond motifs is 1. The van der Waals surface area contributed by atoms with Gasteiger partial charge in [-0.15, -0.1) is 11.3 Å². The SMILES string of the molecule is O=Cc1cc(I)c2ccsc2c1Br. The van der Waals surface area contributed by atoms with Crippen LogP contribution in [0.15, 0.2) is 22.0 Å². The van der Waals surface area contributed by atoms with Gasteiger partial charge in [0, 0.05) is 19.0 Å². The van der Waals surface area contributed by atoms with E-state index in [0.717, 1.165) is 24.6 Å². The Balaban J connectivity index is 2.93. The van der Waals surface area contributed by atoms with Crippen molar-refractivity contribution >= 4 is 66.2 Å². The molecule has 0 saturated carbocycles. The second-order valence-electron chi connectivity index (χ2n) is 2.54. The van der Waals surface area contributed by atoms with Gasteiger partial charge in [-0.05, 0) is 56.0 Å². The molecule has 0 amide bonds. The lowest BCUT2D eigenvalue weighted by Crippen LogP contribution is -1.84. The third kappa shape index (κ3) is 1.55. The molecule has 0 aliphatic heterocycles. The molecule has 2 rings (SSSR count). The Hall–Kier alpha value is 0.0600. The number of halogens is 2. The monoisotopic (exact) mass is 366 g/mol. The van der Waals surface area contributed by atoms with Crippen LogP contribution in [0.5, 0.6) is 0 Å². The molecule has 0 unspecified atom stereocenters. The summed E-state index contributed by atoms with van der Waals surface area (Å²) in [5.41, 5.74) is 0.722. The van der Waals surface area contributed by atoms with Gasteiger partial charge in [-0.1, -0.05) is 0 Å². The molecule has 2 aromatic rings. The lowest BCUT2D eigenvalue weighted by molar-refractivity contribution is 0.112. The highest BCUT2D eigenvalue weighted by Gasteiger charge is 2.08. The minimum absolute atomic E-state index is 0.722. The smallest absolute Gasteiger partial charge is 0.151 e. The van der Waals surface area contributed by atoms with Gasteiger partial charge in [0.2, 0.25) is 0 Å². The molecule has 0 bridgehead atoms. The average Bonchev–Trinajstić information content (AvgIpc) is 2.60. The summed E-state index contributed by atoms with van der Waals surface area (Å²) in [6, 6.07) is 3.97. The summed E-state index contributed by atoms with van der Waals surface area (Å²) in [7, 11) is 0. The zero-order chi connectivity index (χ0) is 9.42. The first-order valence-corrected chi connectivity index (χ1v) is 6.29. The standard InChI is InChI=1S/C9H4BrIOS/c10-8-5(4-12)3-7(11)6-1-2-13-9(6)8/h1-4H. The summed E-state index contributed by atoms with van der Waals surface area (Å²) >= 11 is 7.33. The largest absolute Gasteiger partial charge is 0.298 e. The number of carbonyl (C=O) groups is 1. The van der Waals surface area contributed by atoms with Crippen molar-refractivity contribution in [2.24, 2.45) is 0 Å². The molecule has 0 spiro atoms. The van der Waals surface area contributed by atoms with Gasteiger partial charge in [0.25, 0.3) is 0 Å². The van der Waals surface area contributed by atoms with E-state index in [4.69, 9.17) is 0 Å². The molecule has 0 N–H and O–H groups in total. The minimum Gasteiger partial charge on any atom is -0.298 e. The Morgan fingerprint density at radius 1 is 1.54 bits per heavy atom. The lowest BCUT2D eigenvalue weighted by Gasteiger charge is -2.00. The van der Waals surface area contributed by atoms with E-state index in [1.54, 1.807) is 11.3 Å². The van der Waals surface area contributed by atoms with Crippen LogP contribution in [0.4, 0.5) is 0 Å². The van der Waals surface area contributed by atoms with Crippen LogP contribution < -0.4 is 0 Å². The minimum atomic E-state index is 0.722. The van der Waals surface area contributed by atoms with Crippen molar-refractivity contribution in [2.45, 2.75) is 0 Å². The fourth-order valence-electron chi connectivity index (χ4n) is 1.16. The van der Waals surface area contributed by atoms with Crippen molar-refractivity contribution in [3.05, 3.63) is 31.1 Å². The van der Waals surface area contributed by atoms with E-state index in [1.165, 1.54) is 5.39 Å². The number of hydrogen-bond acceptors (Lipinski definition) is 2. The second kappa shape index (κ2) is 3.67. The highest BCUT2D eigenvalue weighted by atomic mass is 127. The Labute approximate surface area is 101 Å². The topological polar surface area (TPSA) is 17.1 Å². The number of rotatable bonds is 1. The molecule has 0 atom stereocenters. The predicted octanol–water partition coefficient (Wildman–Crippen LogP) is 4.08. The van der Waals surface area contributed by atoms with E-state index in [-0.39, 0.29) is 0 Å². The molecule has 0 aliphatic rings. The van der Waals surface area contributed by atoms with Crippen LogP contribution in [0.3, 0.4) is 0 Å². The average molecular weight is 367 g/mol. The molecule has 1 nitrogen and oxygen atoms in total. The van der Waals surface area contributed by atoms with Crippen LogP contribution >= 0.6 is 49.9 Å². The summed E-state index contributed by atoms with van der Waals surface area (Å²) < 4.78 is 3.18. The zero-order valence-electron chi connectivity index (χ0n) is 6.38. The molecule has 1 aromatic heterocycles. The highest BCUT2D eigenvalue weighted by molar-refractivity contribution is 14.1. The van der Waals surface area contributed by atoms with E-state index < -0.39 is 0 Å². The fourth-order valence-corrected chi connectivity index (χ4v) is 3.70. The maximum Gasteiger partial charge on any atom is 0.151 e. The van der Waals surface area contributed by atoms with Crippen LogP contribution in [-0.4, -0.2) is 6.29 Å². The first kappa shape index (κ1) is 9.61. The molecule has 1 aromatic carbocycles.